The predicted molar refractivity (Wildman–Crippen MR) is 69.5 cm³/mol. The van der Waals surface area contributed by atoms with Crippen molar-refractivity contribution >= 4 is 0 Å². The smallest absolute Gasteiger partial charge is 0.138 e. The zero-order valence-electron chi connectivity index (χ0n) is 11.6. The summed E-state index contributed by atoms with van der Waals surface area (Å²) >= 11 is 0. The summed E-state index contributed by atoms with van der Waals surface area (Å²) in [6.07, 6.45) is 3.51. The lowest BCUT2D eigenvalue weighted by Crippen LogP contribution is -2.37. The Bertz CT molecular complexity index is 317. The van der Waals surface area contributed by atoms with E-state index in [0.717, 1.165) is 25.2 Å². The van der Waals surface area contributed by atoms with Crippen LogP contribution in [0.3, 0.4) is 0 Å². The van der Waals surface area contributed by atoms with Crippen LogP contribution in [0.2, 0.25) is 0 Å². The van der Waals surface area contributed by atoms with Gasteiger partial charge in [0.15, 0.2) is 0 Å². The number of rotatable bonds is 10. The Morgan fingerprint density at radius 3 is 2.89 bits per heavy atom. The van der Waals surface area contributed by atoms with Crippen LogP contribution in [0.5, 0.6) is 0 Å². The standard InChI is InChI=1S/C12H24N4O2/c1-4-5-13-11(9-18-7-6-17-3)8-12-14-10-15-16(12)2/h10-11,13H,4-9H2,1-3H3. The topological polar surface area (TPSA) is 61.2 Å². The summed E-state index contributed by atoms with van der Waals surface area (Å²) in [7, 11) is 3.58. The van der Waals surface area contributed by atoms with Crippen LogP contribution in [0.1, 0.15) is 19.2 Å². The van der Waals surface area contributed by atoms with Crippen molar-refractivity contribution in [1.29, 1.82) is 0 Å². The molecule has 1 N–H and O–H groups in total. The van der Waals surface area contributed by atoms with Gasteiger partial charge in [-0.25, -0.2) is 4.98 Å². The van der Waals surface area contributed by atoms with Gasteiger partial charge < -0.3 is 14.8 Å². The van der Waals surface area contributed by atoms with E-state index >= 15 is 0 Å². The molecule has 0 aromatic carbocycles. The minimum atomic E-state index is 0.268. The molecule has 6 heteroatoms. The minimum absolute atomic E-state index is 0.268. The number of aromatic nitrogens is 3. The zero-order valence-corrected chi connectivity index (χ0v) is 11.6. The van der Waals surface area contributed by atoms with Crippen molar-refractivity contribution in [3.63, 3.8) is 0 Å². The van der Waals surface area contributed by atoms with E-state index in [4.69, 9.17) is 9.47 Å². The molecule has 104 valence electrons. The van der Waals surface area contributed by atoms with Crippen LogP contribution in [-0.2, 0) is 22.9 Å². The second kappa shape index (κ2) is 9.02. The molecule has 1 heterocycles. The second-order valence-corrected chi connectivity index (χ2v) is 4.22. The molecule has 0 aliphatic rings. The summed E-state index contributed by atoms with van der Waals surface area (Å²) in [6, 6.07) is 0.268. The van der Waals surface area contributed by atoms with Crippen LogP contribution in [0.15, 0.2) is 6.33 Å². The van der Waals surface area contributed by atoms with E-state index in [1.165, 1.54) is 0 Å². The SMILES string of the molecule is CCCNC(COCCOC)Cc1ncnn1C. The first kappa shape index (κ1) is 15.1. The van der Waals surface area contributed by atoms with Gasteiger partial charge in [-0.15, -0.1) is 0 Å². The quantitative estimate of drug-likeness (QED) is 0.614. The molecule has 1 aromatic rings. The lowest BCUT2D eigenvalue weighted by Gasteiger charge is -2.18. The largest absolute Gasteiger partial charge is 0.382 e. The number of ether oxygens (including phenoxy) is 2. The molecule has 0 amide bonds. The number of methoxy groups -OCH3 is 1. The Balaban J connectivity index is 2.37. The van der Waals surface area contributed by atoms with Gasteiger partial charge in [0.1, 0.15) is 12.2 Å². The van der Waals surface area contributed by atoms with Crippen LogP contribution in [0, 0.1) is 0 Å². The summed E-state index contributed by atoms with van der Waals surface area (Å²) in [6.45, 7) is 5.05. The van der Waals surface area contributed by atoms with Crippen LogP contribution in [-0.4, -0.2) is 54.3 Å². The molecule has 0 saturated carbocycles. The Kier molecular flexibility index (Phi) is 7.55. The second-order valence-electron chi connectivity index (χ2n) is 4.22. The van der Waals surface area contributed by atoms with E-state index in [1.807, 2.05) is 7.05 Å². The van der Waals surface area contributed by atoms with Crippen LogP contribution in [0.4, 0.5) is 0 Å². The van der Waals surface area contributed by atoms with Crippen molar-refractivity contribution in [2.45, 2.75) is 25.8 Å². The van der Waals surface area contributed by atoms with E-state index < -0.39 is 0 Å². The third kappa shape index (κ3) is 5.57. The monoisotopic (exact) mass is 256 g/mol. The summed E-state index contributed by atoms with van der Waals surface area (Å²) in [4.78, 5) is 4.24. The first-order valence-electron chi connectivity index (χ1n) is 6.40. The summed E-state index contributed by atoms with van der Waals surface area (Å²) < 4.78 is 12.3. The molecule has 1 aromatic heterocycles. The Hall–Kier alpha value is -0.980. The van der Waals surface area contributed by atoms with E-state index in [1.54, 1.807) is 18.1 Å². The molecule has 1 atom stereocenters. The summed E-state index contributed by atoms with van der Waals surface area (Å²) in [5.74, 6) is 0.971. The Morgan fingerprint density at radius 1 is 1.44 bits per heavy atom. The zero-order chi connectivity index (χ0) is 13.2. The minimum Gasteiger partial charge on any atom is -0.382 e. The molecule has 0 fully saturated rings. The predicted octanol–water partition coefficient (Wildman–Crippen LogP) is 0.389. The van der Waals surface area contributed by atoms with Crippen molar-refractivity contribution in [3.05, 3.63) is 12.2 Å². The van der Waals surface area contributed by atoms with Gasteiger partial charge in [0, 0.05) is 26.6 Å². The van der Waals surface area contributed by atoms with E-state index in [9.17, 15) is 0 Å². The average Bonchev–Trinajstić information content (AvgIpc) is 2.77. The van der Waals surface area contributed by atoms with E-state index in [2.05, 4.69) is 22.3 Å². The van der Waals surface area contributed by atoms with Crippen LogP contribution >= 0.6 is 0 Å². The molecule has 6 nitrogen and oxygen atoms in total. The number of nitrogens with zero attached hydrogens (tertiary/aromatic N) is 3. The molecule has 18 heavy (non-hydrogen) atoms. The third-order valence-electron chi connectivity index (χ3n) is 2.67. The van der Waals surface area contributed by atoms with E-state index in [0.29, 0.717) is 19.8 Å². The molecular formula is C12H24N4O2. The Morgan fingerprint density at radius 2 is 2.28 bits per heavy atom. The Labute approximate surface area is 109 Å². The molecule has 0 radical (unpaired) electrons. The molecule has 0 aliphatic heterocycles. The van der Waals surface area contributed by atoms with Crippen molar-refractivity contribution in [1.82, 2.24) is 20.1 Å². The van der Waals surface area contributed by atoms with Gasteiger partial charge in [-0.05, 0) is 13.0 Å². The number of hydrogen-bond donors (Lipinski definition) is 1. The fourth-order valence-corrected chi connectivity index (χ4v) is 1.63. The maximum Gasteiger partial charge on any atom is 0.138 e. The first-order chi connectivity index (χ1) is 8.77. The molecule has 0 spiro atoms. The lowest BCUT2D eigenvalue weighted by molar-refractivity contribution is 0.0583. The first-order valence-corrected chi connectivity index (χ1v) is 6.40. The summed E-state index contributed by atoms with van der Waals surface area (Å²) in [5.41, 5.74) is 0. The maximum atomic E-state index is 5.58. The third-order valence-corrected chi connectivity index (χ3v) is 2.67. The van der Waals surface area contributed by atoms with Crippen molar-refractivity contribution in [3.8, 4) is 0 Å². The lowest BCUT2D eigenvalue weighted by atomic mass is 10.2. The fraction of sp³-hybridized carbons (Fsp3) is 0.833. The van der Waals surface area contributed by atoms with Crippen molar-refractivity contribution < 1.29 is 9.47 Å². The van der Waals surface area contributed by atoms with Gasteiger partial charge >= 0.3 is 0 Å². The van der Waals surface area contributed by atoms with Crippen LogP contribution in [0.25, 0.3) is 0 Å². The number of nitrogens with one attached hydrogen (secondary N) is 1. The van der Waals surface area contributed by atoms with Gasteiger partial charge in [-0.3, -0.25) is 4.68 Å². The van der Waals surface area contributed by atoms with Gasteiger partial charge in [0.25, 0.3) is 0 Å². The van der Waals surface area contributed by atoms with Crippen LogP contribution < -0.4 is 5.32 Å². The molecular weight excluding hydrogens is 232 g/mol. The van der Waals surface area contributed by atoms with Gasteiger partial charge in [-0.2, -0.15) is 5.10 Å². The number of hydrogen-bond acceptors (Lipinski definition) is 5. The normalized spacial score (nSPS) is 12.8. The molecule has 1 rings (SSSR count). The van der Waals surface area contributed by atoms with Gasteiger partial charge in [-0.1, -0.05) is 6.92 Å². The summed E-state index contributed by atoms with van der Waals surface area (Å²) in [5, 5.41) is 7.54. The highest BCUT2D eigenvalue weighted by molar-refractivity contribution is 4.89. The molecule has 0 bridgehead atoms. The molecule has 0 saturated heterocycles. The highest BCUT2D eigenvalue weighted by Crippen LogP contribution is 1.99. The fourth-order valence-electron chi connectivity index (χ4n) is 1.63. The van der Waals surface area contributed by atoms with Gasteiger partial charge in [0.05, 0.1) is 19.8 Å². The van der Waals surface area contributed by atoms with Crippen molar-refractivity contribution in [2.75, 3.05) is 33.5 Å². The van der Waals surface area contributed by atoms with E-state index in [-0.39, 0.29) is 6.04 Å². The molecule has 1 unspecified atom stereocenters. The average molecular weight is 256 g/mol. The number of aryl methyl sites for hydroxylation is 1. The highest BCUT2D eigenvalue weighted by atomic mass is 16.5. The van der Waals surface area contributed by atoms with Gasteiger partial charge in [0.2, 0.25) is 0 Å². The highest BCUT2D eigenvalue weighted by Gasteiger charge is 2.12. The van der Waals surface area contributed by atoms with Crippen molar-refractivity contribution in [2.24, 2.45) is 7.05 Å². The maximum absolute atomic E-state index is 5.58. The molecule has 0 aliphatic carbocycles.